The third kappa shape index (κ3) is 4.34. The van der Waals surface area contributed by atoms with Crippen LogP contribution in [0.2, 0.25) is 0 Å². The van der Waals surface area contributed by atoms with Gasteiger partial charge in [0, 0.05) is 18.0 Å². The molecule has 0 saturated carbocycles. The molecule has 3 nitrogen and oxygen atoms in total. The summed E-state index contributed by atoms with van der Waals surface area (Å²) in [4.78, 5) is 4.40. The van der Waals surface area contributed by atoms with Crippen molar-refractivity contribution in [3.05, 3.63) is 59.9 Å². The predicted molar refractivity (Wildman–Crippen MR) is 80.4 cm³/mol. The second-order valence-electron chi connectivity index (χ2n) is 4.20. The zero-order valence-corrected chi connectivity index (χ0v) is 11.4. The molecule has 2 rings (SSSR count). The van der Waals surface area contributed by atoms with Gasteiger partial charge >= 0.3 is 0 Å². The van der Waals surface area contributed by atoms with Crippen molar-refractivity contribution in [2.45, 2.75) is 12.8 Å². The fourth-order valence-electron chi connectivity index (χ4n) is 1.73. The Morgan fingerprint density at radius 3 is 2.42 bits per heavy atom. The summed E-state index contributed by atoms with van der Waals surface area (Å²) < 4.78 is 5.66. The predicted octanol–water partition coefficient (Wildman–Crippen LogP) is 2.73. The van der Waals surface area contributed by atoms with Gasteiger partial charge in [-0.2, -0.15) is 0 Å². The largest absolute Gasteiger partial charge is 0.494 e. The van der Waals surface area contributed by atoms with E-state index < -0.39 is 0 Å². The van der Waals surface area contributed by atoms with Crippen molar-refractivity contribution < 1.29 is 4.74 Å². The van der Waals surface area contributed by atoms with E-state index in [4.69, 9.17) is 22.7 Å². The van der Waals surface area contributed by atoms with Gasteiger partial charge < -0.3 is 10.5 Å². The SMILES string of the molecule is NC(=S)c1ccc(OCCCc2ccncc2)cc1. The Bertz CT molecular complexity index is 526. The third-order valence-electron chi connectivity index (χ3n) is 2.77. The van der Waals surface area contributed by atoms with Gasteiger partial charge in [-0.15, -0.1) is 0 Å². The maximum absolute atomic E-state index is 5.66. The van der Waals surface area contributed by atoms with Crippen LogP contribution in [0.25, 0.3) is 0 Å². The molecule has 0 aliphatic rings. The fourth-order valence-corrected chi connectivity index (χ4v) is 1.87. The maximum Gasteiger partial charge on any atom is 0.119 e. The van der Waals surface area contributed by atoms with Crippen LogP contribution in [-0.4, -0.2) is 16.6 Å². The quantitative estimate of drug-likeness (QED) is 0.649. The van der Waals surface area contributed by atoms with Crippen molar-refractivity contribution >= 4 is 17.2 Å². The van der Waals surface area contributed by atoms with Gasteiger partial charge in [-0.3, -0.25) is 4.98 Å². The number of hydrogen-bond donors (Lipinski definition) is 1. The molecule has 2 aromatic rings. The number of rotatable bonds is 6. The Morgan fingerprint density at radius 2 is 1.79 bits per heavy atom. The molecule has 0 aliphatic heterocycles. The van der Waals surface area contributed by atoms with E-state index in [9.17, 15) is 0 Å². The van der Waals surface area contributed by atoms with E-state index in [-0.39, 0.29) is 0 Å². The lowest BCUT2D eigenvalue weighted by molar-refractivity contribution is 0.311. The fraction of sp³-hybridized carbons (Fsp3) is 0.200. The van der Waals surface area contributed by atoms with E-state index in [1.807, 2.05) is 48.8 Å². The van der Waals surface area contributed by atoms with Crippen LogP contribution in [0.1, 0.15) is 17.5 Å². The second kappa shape index (κ2) is 6.85. The van der Waals surface area contributed by atoms with Crippen molar-refractivity contribution in [2.24, 2.45) is 5.73 Å². The van der Waals surface area contributed by atoms with Crippen LogP contribution in [-0.2, 0) is 6.42 Å². The Morgan fingerprint density at radius 1 is 1.11 bits per heavy atom. The molecule has 1 aromatic carbocycles. The van der Waals surface area contributed by atoms with Crippen LogP contribution < -0.4 is 10.5 Å². The summed E-state index contributed by atoms with van der Waals surface area (Å²) in [5, 5.41) is 0. The molecule has 98 valence electrons. The van der Waals surface area contributed by atoms with Gasteiger partial charge in [0.1, 0.15) is 10.7 Å². The minimum absolute atomic E-state index is 0.407. The number of aryl methyl sites for hydroxylation is 1. The van der Waals surface area contributed by atoms with Gasteiger partial charge in [0.25, 0.3) is 0 Å². The van der Waals surface area contributed by atoms with Gasteiger partial charge in [-0.05, 0) is 54.8 Å². The molecule has 0 saturated heterocycles. The first kappa shape index (κ1) is 13.5. The first-order valence-electron chi connectivity index (χ1n) is 6.17. The number of nitrogens with zero attached hydrogens (tertiary/aromatic N) is 1. The van der Waals surface area contributed by atoms with Crippen molar-refractivity contribution in [3.63, 3.8) is 0 Å². The van der Waals surface area contributed by atoms with Gasteiger partial charge in [-0.1, -0.05) is 12.2 Å². The number of hydrogen-bond acceptors (Lipinski definition) is 3. The highest BCUT2D eigenvalue weighted by molar-refractivity contribution is 7.80. The van der Waals surface area contributed by atoms with Crippen LogP contribution >= 0.6 is 12.2 Å². The van der Waals surface area contributed by atoms with Crippen LogP contribution in [0.15, 0.2) is 48.8 Å². The van der Waals surface area contributed by atoms with Gasteiger partial charge in [0.05, 0.1) is 6.61 Å². The smallest absolute Gasteiger partial charge is 0.119 e. The van der Waals surface area contributed by atoms with E-state index in [0.29, 0.717) is 11.6 Å². The molecule has 0 fully saturated rings. The van der Waals surface area contributed by atoms with Crippen LogP contribution in [0.3, 0.4) is 0 Å². The average molecular weight is 272 g/mol. The molecule has 0 amide bonds. The molecule has 0 aliphatic carbocycles. The van der Waals surface area contributed by atoms with E-state index in [2.05, 4.69) is 4.98 Å². The molecule has 19 heavy (non-hydrogen) atoms. The lowest BCUT2D eigenvalue weighted by Crippen LogP contribution is -2.08. The van der Waals surface area contributed by atoms with E-state index in [0.717, 1.165) is 24.2 Å². The molecule has 0 unspecified atom stereocenters. The van der Waals surface area contributed by atoms with E-state index in [1.54, 1.807) is 0 Å². The third-order valence-corrected chi connectivity index (χ3v) is 3.00. The normalized spacial score (nSPS) is 10.1. The number of benzene rings is 1. The summed E-state index contributed by atoms with van der Waals surface area (Å²) in [6.45, 7) is 0.689. The zero-order valence-electron chi connectivity index (χ0n) is 10.6. The van der Waals surface area contributed by atoms with Crippen LogP contribution in [0, 0.1) is 0 Å². The standard InChI is InChI=1S/C15H16N2OS/c16-15(19)13-3-5-14(6-4-13)18-11-1-2-12-7-9-17-10-8-12/h3-10H,1-2,11H2,(H2,16,19). The molecule has 1 aromatic heterocycles. The molecular formula is C15H16N2OS. The lowest BCUT2D eigenvalue weighted by atomic mass is 10.1. The Kier molecular flexibility index (Phi) is 4.86. The maximum atomic E-state index is 5.66. The summed E-state index contributed by atoms with van der Waals surface area (Å²) >= 11 is 4.90. The van der Waals surface area contributed by atoms with Gasteiger partial charge in [0.2, 0.25) is 0 Å². The van der Waals surface area contributed by atoms with Crippen molar-refractivity contribution in [3.8, 4) is 5.75 Å². The molecule has 0 spiro atoms. The summed E-state index contributed by atoms with van der Waals surface area (Å²) in [6, 6.07) is 11.6. The minimum atomic E-state index is 0.407. The van der Waals surface area contributed by atoms with Gasteiger partial charge in [0.15, 0.2) is 0 Å². The second-order valence-corrected chi connectivity index (χ2v) is 4.64. The summed E-state index contributed by atoms with van der Waals surface area (Å²) in [7, 11) is 0. The number of ether oxygens (including phenoxy) is 1. The van der Waals surface area contributed by atoms with Crippen LogP contribution in [0.4, 0.5) is 0 Å². The summed E-state index contributed by atoms with van der Waals surface area (Å²) in [5.41, 5.74) is 7.68. The number of thiocarbonyl (C=S) groups is 1. The monoisotopic (exact) mass is 272 g/mol. The molecule has 0 bridgehead atoms. The molecular weight excluding hydrogens is 256 g/mol. The molecule has 2 N–H and O–H groups in total. The summed E-state index contributed by atoms with van der Waals surface area (Å²) in [6.07, 6.45) is 5.59. The van der Waals surface area contributed by atoms with E-state index in [1.165, 1.54) is 5.56 Å². The van der Waals surface area contributed by atoms with Crippen LogP contribution in [0.5, 0.6) is 5.75 Å². The van der Waals surface area contributed by atoms with Crippen molar-refractivity contribution in [2.75, 3.05) is 6.61 Å². The first-order valence-corrected chi connectivity index (χ1v) is 6.58. The molecule has 4 heteroatoms. The molecule has 1 heterocycles. The number of nitrogens with two attached hydrogens (primary N) is 1. The minimum Gasteiger partial charge on any atom is -0.494 e. The average Bonchev–Trinajstić information content (AvgIpc) is 2.45. The molecule has 0 atom stereocenters. The highest BCUT2D eigenvalue weighted by Crippen LogP contribution is 2.12. The lowest BCUT2D eigenvalue weighted by Gasteiger charge is -2.07. The van der Waals surface area contributed by atoms with E-state index >= 15 is 0 Å². The summed E-state index contributed by atoms with van der Waals surface area (Å²) in [5.74, 6) is 0.842. The van der Waals surface area contributed by atoms with Crippen molar-refractivity contribution in [1.29, 1.82) is 0 Å². The van der Waals surface area contributed by atoms with Crippen molar-refractivity contribution in [1.82, 2.24) is 4.98 Å². The topological polar surface area (TPSA) is 48.1 Å². The highest BCUT2D eigenvalue weighted by atomic mass is 32.1. The zero-order chi connectivity index (χ0) is 13.5. The Balaban J connectivity index is 1.75. The molecule has 0 radical (unpaired) electrons. The highest BCUT2D eigenvalue weighted by Gasteiger charge is 1.98. The first-order chi connectivity index (χ1) is 9.25. The Hall–Kier alpha value is -1.94. The number of aromatic nitrogens is 1. The number of pyridine rings is 1. The Labute approximate surface area is 118 Å². The van der Waals surface area contributed by atoms with Gasteiger partial charge in [-0.25, -0.2) is 0 Å².